The lowest BCUT2D eigenvalue weighted by atomic mass is 9.94. The summed E-state index contributed by atoms with van der Waals surface area (Å²) in [6.45, 7) is 6.07. The number of rotatable bonds is 7. The number of ketones is 1. The lowest BCUT2D eigenvalue weighted by molar-refractivity contribution is -0.132. The van der Waals surface area contributed by atoms with Crippen molar-refractivity contribution in [3.8, 4) is 17.2 Å². The van der Waals surface area contributed by atoms with Gasteiger partial charge in [0.05, 0.1) is 37.5 Å². The van der Waals surface area contributed by atoms with Crippen molar-refractivity contribution in [1.82, 2.24) is 0 Å². The van der Waals surface area contributed by atoms with Crippen molar-refractivity contribution in [2.75, 3.05) is 25.7 Å². The molecular weight excluding hydrogens is 494 g/mol. The number of hydrogen-bond donors (Lipinski definition) is 1. The first-order valence-electron chi connectivity index (χ1n) is 11.7. The van der Waals surface area contributed by atoms with Crippen molar-refractivity contribution in [1.29, 1.82) is 0 Å². The molecule has 1 aliphatic rings. The summed E-state index contributed by atoms with van der Waals surface area (Å²) < 4.78 is 16.5. The average Bonchev–Trinajstić information content (AvgIpc) is 3.14. The lowest BCUT2D eigenvalue weighted by Gasteiger charge is -2.27. The normalized spacial score (nSPS) is 16.7. The van der Waals surface area contributed by atoms with E-state index in [-0.39, 0.29) is 11.3 Å². The van der Waals surface area contributed by atoms with Crippen molar-refractivity contribution in [2.45, 2.75) is 26.8 Å². The molecule has 0 saturated carbocycles. The second kappa shape index (κ2) is 10.6. The maximum atomic E-state index is 13.5. The van der Waals surface area contributed by atoms with E-state index in [0.717, 1.165) is 11.1 Å². The zero-order valence-electron chi connectivity index (χ0n) is 21.3. The third kappa shape index (κ3) is 4.74. The summed E-state index contributed by atoms with van der Waals surface area (Å²) in [5.41, 5.74) is 3.22. The van der Waals surface area contributed by atoms with Crippen LogP contribution >= 0.6 is 11.6 Å². The van der Waals surface area contributed by atoms with Crippen LogP contribution < -0.4 is 19.1 Å². The summed E-state index contributed by atoms with van der Waals surface area (Å²) in [6.07, 6.45) is 0. The van der Waals surface area contributed by atoms with Gasteiger partial charge in [0.1, 0.15) is 11.5 Å². The molecule has 3 aromatic carbocycles. The summed E-state index contributed by atoms with van der Waals surface area (Å²) >= 11 is 6.17. The number of nitrogens with zero attached hydrogens (tertiary/aromatic N) is 1. The quantitative estimate of drug-likeness (QED) is 0.233. The molecule has 4 rings (SSSR count). The van der Waals surface area contributed by atoms with Crippen molar-refractivity contribution in [2.24, 2.45) is 0 Å². The Kier molecular flexibility index (Phi) is 7.45. The molecule has 0 aromatic heterocycles. The smallest absolute Gasteiger partial charge is 0.300 e. The van der Waals surface area contributed by atoms with Gasteiger partial charge in [0.25, 0.3) is 11.7 Å². The third-order valence-corrected chi connectivity index (χ3v) is 6.60. The van der Waals surface area contributed by atoms with Gasteiger partial charge >= 0.3 is 0 Å². The van der Waals surface area contributed by atoms with Crippen LogP contribution in [-0.2, 0) is 9.59 Å². The molecule has 0 spiro atoms. The fourth-order valence-corrected chi connectivity index (χ4v) is 4.76. The Morgan fingerprint density at radius 3 is 2.32 bits per heavy atom. The molecule has 192 valence electrons. The van der Waals surface area contributed by atoms with Crippen molar-refractivity contribution >= 4 is 34.7 Å². The number of Topliss-reactive ketones (excluding diaryl/α,β-unsaturated/α-hetero) is 1. The highest BCUT2D eigenvalue weighted by Crippen LogP contribution is 2.45. The van der Waals surface area contributed by atoms with E-state index in [1.54, 1.807) is 36.4 Å². The third-order valence-electron chi connectivity index (χ3n) is 6.28. The first-order chi connectivity index (χ1) is 17.7. The van der Waals surface area contributed by atoms with E-state index in [4.69, 9.17) is 25.8 Å². The van der Waals surface area contributed by atoms with Gasteiger partial charge in [-0.15, -0.1) is 0 Å². The molecule has 0 aliphatic carbocycles. The number of benzene rings is 3. The highest BCUT2D eigenvalue weighted by molar-refractivity contribution is 6.51. The van der Waals surface area contributed by atoms with Crippen LogP contribution in [0.1, 0.15) is 35.2 Å². The van der Waals surface area contributed by atoms with Crippen LogP contribution in [0, 0.1) is 13.8 Å². The van der Waals surface area contributed by atoms with E-state index in [0.29, 0.717) is 45.7 Å². The molecule has 1 unspecified atom stereocenters. The minimum atomic E-state index is -0.923. The van der Waals surface area contributed by atoms with Gasteiger partial charge in [-0.05, 0) is 68.3 Å². The van der Waals surface area contributed by atoms with Crippen LogP contribution in [0.2, 0.25) is 5.02 Å². The van der Waals surface area contributed by atoms with Crippen LogP contribution in [-0.4, -0.2) is 37.6 Å². The number of amides is 1. The maximum Gasteiger partial charge on any atom is 0.300 e. The first kappa shape index (κ1) is 26.1. The largest absolute Gasteiger partial charge is 0.507 e. The molecule has 3 aromatic rings. The first-order valence-corrected chi connectivity index (χ1v) is 12.1. The topological polar surface area (TPSA) is 85.3 Å². The number of ether oxygens (including phenoxy) is 3. The van der Waals surface area contributed by atoms with Gasteiger partial charge in [0.15, 0.2) is 11.5 Å². The van der Waals surface area contributed by atoms with Crippen molar-refractivity contribution in [3.63, 3.8) is 0 Å². The minimum absolute atomic E-state index is 0.0537. The molecular formula is C29H28ClNO6. The molecule has 0 bridgehead atoms. The standard InChI is InChI=1S/C29H28ClNO6/c1-6-37-24-14-18(9-12-22(24)35-4)26-25(27(32)19-8-10-20(30)23(15-19)36-5)28(33)29(34)31(26)21-11-7-16(2)13-17(21)3/h7-15,26,32H,6H2,1-5H3/b27-25+. The number of carbonyl (C=O) groups excluding carboxylic acids is 2. The summed E-state index contributed by atoms with van der Waals surface area (Å²) in [6, 6.07) is 14.6. The van der Waals surface area contributed by atoms with Gasteiger partial charge in [0, 0.05) is 11.3 Å². The van der Waals surface area contributed by atoms with Gasteiger partial charge in [0.2, 0.25) is 0 Å². The summed E-state index contributed by atoms with van der Waals surface area (Å²) in [4.78, 5) is 28.4. The number of anilines is 1. The fraction of sp³-hybridized carbons (Fsp3) is 0.241. The molecule has 1 amide bonds. The zero-order valence-corrected chi connectivity index (χ0v) is 22.1. The Morgan fingerprint density at radius 1 is 0.946 bits per heavy atom. The SMILES string of the molecule is CCOc1cc(C2/C(=C(\O)c3ccc(Cl)c(OC)c3)C(=O)C(=O)N2c2ccc(C)cc2C)ccc1OC. The minimum Gasteiger partial charge on any atom is -0.507 e. The highest BCUT2D eigenvalue weighted by Gasteiger charge is 2.47. The van der Waals surface area contributed by atoms with E-state index < -0.39 is 17.7 Å². The second-order valence-corrected chi connectivity index (χ2v) is 9.06. The van der Waals surface area contributed by atoms with Gasteiger partial charge in [-0.2, -0.15) is 0 Å². The molecule has 1 aliphatic heterocycles. The molecule has 0 radical (unpaired) electrons. The Balaban J connectivity index is 1.99. The van der Waals surface area contributed by atoms with E-state index in [9.17, 15) is 14.7 Å². The van der Waals surface area contributed by atoms with E-state index in [2.05, 4.69) is 0 Å². The average molecular weight is 522 g/mol. The highest BCUT2D eigenvalue weighted by atomic mass is 35.5. The van der Waals surface area contributed by atoms with Crippen LogP contribution in [0.25, 0.3) is 5.76 Å². The van der Waals surface area contributed by atoms with Gasteiger partial charge in [-0.1, -0.05) is 35.4 Å². The molecule has 8 heteroatoms. The van der Waals surface area contributed by atoms with E-state index in [1.165, 1.54) is 25.2 Å². The summed E-state index contributed by atoms with van der Waals surface area (Å²) in [7, 11) is 2.99. The number of halogens is 1. The number of hydrogen-bond acceptors (Lipinski definition) is 6. The van der Waals surface area contributed by atoms with Gasteiger partial charge < -0.3 is 19.3 Å². The molecule has 7 nitrogen and oxygen atoms in total. The van der Waals surface area contributed by atoms with Crippen LogP contribution in [0.3, 0.4) is 0 Å². The predicted molar refractivity (Wildman–Crippen MR) is 143 cm³/mol. The van der Waals surface area contributed by atoms with Crippen LogP contribution in [0.15, 0.2) is 60.2 Å². The van der Waals surface area contributed by atoms with E-state index in [1.807, 2.05) is 32.9 Å². The number of methoxy groups -OCH3 is 2. The lowest BCUT2D eigenvalue weighted by Crippen LogP contribution is -2.30. The van der Waals surface area contributed by atoms with Crippen LogP contribution in [0.4, 0.5) is 5.69 Å². The Morgan fingerprint density at radius 2 is 1.68 bits per heavy atom. The molecule has 1 atom stereocenters. The van der Waals surface area contributed by atoms with Crippen molar-refractivity contribution in [3.05, 3.63) is 87.4 Å². The monoisotopic (exact) mass is 521 g/mol. The van der Waals surface area contributed by atoms with E-state index >= 15 is 0 Å². The Hall–Kier alpha value is -3.97. The second-order valence-electron chi connectivity index (χ2n) is 8.65. The molecule has 1 N–H and O–H groups in total. The van der Waals surface area contributed by atoms with Gasteiger partial charge in [-0.3, -0.25) is 14.5 Å². The molecule has 1 saturated heterocycles. The zero-order chi connectivity index (χ0) is 26.9. The molecule has 1 fully saturated rings. The molecule has 37 heavy (non-hydrogen) atoms. The number of aliphatic hydroxyl groups is 1. The summed E-state index contributed by atoms with van der Waals surface area (Å²) in [5.74, 6) is -0.579. The Bertz CT molecular complexity index is 1410. The summed E-state index contributed by atoms with van der Waals surface area (Å²) in [5, 5.41) is 11.8. The molecule has 1 heterocycles. The Labute approximate surface area is 220 Å². The maximum absolute atomic E-state index is 13.5. The number of aliphatic hydroxyl groups excluding tert-OH is 1. The number of carbonyl (C=O) groups is 2. The van der Waals surface area contributed by atoms with Gasteiger partial charge in [-0.25, -0.2) is 0 Å². The predicted octanol–water partition coefficient (Wildman–Crippen LogP) is 6.00. The fourth-order valence-electron chi connectivity index (χ4n) is 4.57. The van der Waals surface area contributed by atoms with Crippen LogP contribution in [0.5, 0.6) is 17.2 Å². The number of aryl methyl sites for hydroxylation is 2. The van der Waals surface area contributed by atoms with Crippen molar-refractivity contribution < 1.29 is 28.9 Å².